The molecule has 1 rings (SSSR count). The summed E-state index contributed by atoms with van der Waals surface area (Å²) in [6, 6.07) is 5.86. The lowest BCUT2D eigenvalue weighted by Crippen LogP contribution is -2.36. The predicted octanol–water partition coefficient (Wildman–Crippen LogP) is 4.05. The van der Waals surface area contributed by atoms with Gasteiger partial charge in [-0.3, -0.25) is 0 Å². The van der Waals surface area contributed by atoms with Crippen molar-refractivity contribution in [1.82, 2.24) is 0 Å². The van der Waals surface area contributed by atoms with Crippen LogP contribution in [-0.2, 0) is 0 Å². The fourth-order valence-electron chi connectivity index (χ4n) is 2.27. The molecule has 0 saturated heterocycles. The van der Waals surface area contributed by atoms with Crippen LogP contribution in [0.1, 0.15) is 47.0 Å². The summed E-state index contributed by atoms with van der Waals surface area (Å²) in [6.45, 7) is 9.29. The second-order valence-electron chi connectivity index (χ2n) is 4.69. The van der Waals surface area contributed by atoms with Gasteiger partial charge in [-0.2, -0.15) is 0 Å². The van der Waals surface area contributed by atoms with E-state index in [9.17, 15) is 0 Å². The highest BCUT2D eigenvalue weighted by atomic mass is 16.5. The molecule has 0 heterocycles. The molecular formula is C15H26N2O. The Kier molecular flexibility index (Phi) is 5.32. The second-order valence-corrected chi connectivity index (χ2v) is 4.69. The summed E-state index contributed by atoms with van der Waals surface area (Å²) in [6.07, 6.45) is 3.29. The molecular weight excluding hydrogens is 224 g/mol. The first kappa shape index (κ1) is 14.7. The van der Waals surface area contributed by atoms with Gasteiger partial charge in [-0.05, 0) is 32.3 Å². The number of hydrogen-bond donors (Lipinski definition) is 2. The van der Waals surface area contributed by atoms with Crippen molar-refractivity contribution in [2.75, 3.05) is 17.7 Å². The maximum atomic E-state index is 5.91. The number of anilines is 2. The van der Waals surface area contributed by atoms with Crippen molar-refractivity contribution in [2.45, 2.75) is 52.5 Å². The molecule has 0 fully saturated rings. The average molecular weight is 250 g/mol. The first-order valence-corrected chi connectivity index (χ1v) is 6.90. The Morgan fingerprint density at radius 1 is 1.06 bits per heavy atom. The third-order valence-corrected chi connectivity index (χ3v) is 3.68. The van der Waals surface area contributed by atoms with Gasteiger partial charge < -0.3 is 15.8 Å². The lowest BCUT2D eigenvalue weighted by Gasteiger charge is -2.33. The van der Waals surface area contributed by atoms with E-state index in [0.29, 0.717) is 6.61 Å². The van der Waals surface area contributed by atoms with Gasteiger partial charge in [0, 0.05) is 29.0 Å². The third-order valence-electron chi connectivity index (χ3n) is 3.68. The van der Waals surface area contributed by atoms with Crippen molar-refractivity contribution in [2.24, 2.45) is 0 Å². The van der Waals surface area contributed by atoms with Crippen LogP contribution in [0.5, 0.6) is 5.75 Å². The molecule has 0 unspecified atom stereocenters. The number of ether oxygens (including phenoxy) is 1. The van der Waals surface area contributed by atoms with Crippen molar-refractivity contribution in [3.05, 3.63) is 18.2 Å². The summed E-state index contributed by atoms with van der Waals surface area (Å²) >= 11 is 0. The summed E-state index contributed by atoms with van der Waals surface area (Å²) in [5, 5.41) is 3.62. The van der Waals surface area contributed by atoms with Crippen LogP contribution in [0.3, 0.4) is 0 Å². The zero-order valence-corrected chi connectivity index (χ0v) is 12.0. The molecule has 0 aliphatic rings. The number of nitrogen functional groups attached to an aromatic ring is 1. The van der Waals surface area contributed by atoms with E-state index in [0.717, 1.165) is 36.4 Å². The van der Waals surface area contributed by atoms with Gasteiger partial charge in [0.2, 0.25) is 0 Å². The monoisotopic (exact) mass is 250 g/mol. The summed E-state index contributed by atoms with van der Waals surface area (Å²) < 4.78 is 5.52. The van der Waals surface area contributed by atoms with Gasteiger partial charge in [0.15, 0.2) is 0 Å². The summed E-state index contributed by atoms with van der Waals surface area (Å²) in [7, 11) is 0. The van der Waals surface area contributed by atoms with E-state index in [-0.39, 0.29) is 5.54 Å². The molecule has 1 aromatic rings. The van der Waals surface area contributed by atoms with Crippen molar-refractivity contribution < 1.29 is 4.74 Å². The molecule has 0 aliphatic heterocycles. The predicted molar refractivity (Wildman–Crippen MR) is 79.3 cm³/mol. The van der Waals surface area contributed by atoms with Gasteiger partial charge in [0.25, 0.3) is 0 Å². The molecule has 18 heavy (non-hydrogen) atoms. The van der Waals surface area contributed by atoms with Crippen LogP contribution in [0.15, 0.2) is 18.2 Å². The maximum Gasteiger partial charge on any atom is 0.123 e. The Balaban J connectivity index is 2.95. The van der Waals surface area contributed by atoms with E-state index < -0.39 is 0 Å². The van der Waals surface area contributed by atoms with E-state index in [1.54, 1.807) is 0 Å². The van der Waals surface area contributed by atoms with Crippen LogP contribution in [0.2, 0.25) is 0 Å². The maximum absolute atomic E-state index is 5.91. The first-order chi connectivity index (χ1) is 8.59. The molecule has 0 atom stereocenters. The SMILES string of the molecule is CCOc1cc(N)cc(NC(CC)(CC)CC)c1. The zero-order valence-electron chi connectivity index (χ0n) is 12.0. The molecule has 1 aromatic carbocycles. The molecule has 0 radical (unpaired) electrons. The molecule has 0 amide bonds. The Bertz CT molecular complexity index is 364. The summed E-state index contributed by atoms with van der Waals surface area (Å²) in [5.41, 5.74) is 7.85. The number of hydrogen-bond acceptors (Lipinski definition) is 3. The number of nitrogens with two attached hydrogens (primary N) is 1. The Morgan fingerprint density at radius 2 is 1.67 bits per heavy atom. The summed E-state index contributed by atoms with van der Waals surface area (Å²) in [4.78, 5) is 0. The minimum atomic E-state index is 0.150. The van der Waals surface area contributed by atoms with Crippen LogP contribution in [0.25, 0.3) is 0 Å². The number of rotatable bonds is 7. The average Bonchev–Trinajstić information content (AvgIpc) is 2.36. The quantitative estimate of drug-likeness (QED) is 0.718. The number of nitrogens with one attached hydrogen (secondary N) is 1. The van der Waals surface area contributed by atoms with Crippen molar-refractivity contribution in [1.29, 1.82) is 0 Å². The van der Waals surface area contributed by atoms with Gasteiger partial charge in [0.05, 0.1) is 6.61 Å². The smallest absolute Gasteiger partial charge is 0.123 e. The lowest BCUT2D eigenvalue weighted by atomic mass is 9.89. The molecule has 3 nitrogen and oxygen atoms in total. The van der Waals surface area contributed by atoms with E-state index in [1.807, 2.05) is 25.1 Å². The van der Waals surface area contributed by atoms with Gasteiger partial charge in [-0.15, -0.1) is 0 Å². The molecule has 0 spiro atoms. The third kappa shape index (κ3) is 3.56. The van der Waals surface area contributed by atoms with Gasteiger partial charge in [0.1, 0.15) is 5.75 Å². The molecule has 3 heteroatoms. The second kappa shape index (κ2) is 6.53. The minimum Gasteiger partial charge on any atom is -0.494 e. The van der Waals surface area contributed by atoms with Gasteiger partial charge in [-0.1, -0.05) is 20.8 Å². The molecule has 0 aromatic heterocycles. The van der Waals surface area contributed by atoms with Gasteiger partial charge >= 0.3 is 0 Å². The van der Waals surface area contributed by atoms with E-state index in [4.69, 9.17) is 10.5 Å². The van der Waals surface area contributed by atoms with Crippen molar-refractivity contribution >= 4 is 11.4 Å². The highest BCUT2D eigenvalue weighted by Gasteiger charge is 2.23. The standard InChI is InChI=1S/C15H26N2O/c1-5-15(6-2,7-3)17-13-9-12(16)10-14(11-13)18-8-4/h9-11,17H,5-8,16H2,1-4H3. The highest BCUT2D eigenvalue weighted by Crippen LogP contribution is 2.29. The Morgan fingerprint density at radius 3 is 2.17 bits per heavy atom. The number of benzene rings is 1. The molecule has 0 saturated carbocycles. The van der Waals surface area contributed by atoms with Crippen LogP contribution in [0.4, 0.5) is 11.4 Å². The van der Waals surface area contributed by atoms with E-state index >= 15 is 0 Å². The largest absolute Gasteiger partial charge is 0.494 e. The summed E-state index contributed by atoms with van der Waals surface area (Å²) in [5.74, 6) is 0.831. The minimum absolute atomic E-state index is 0.150. The van der Waals surface area contributed by atoms with Crippen molar-refractivity contribution in [3.63, 3.8) is 0 Å². The molecule has 0 aliphatic carbocycles. The molecule has 0 bridgehead atoms. The normalized spacial score (nSPS) is 11.3. The molecule has 102 valence electrons. The van der Waals surface area contributed by atoms with Crippen LogP contribution in [0, 0.1) is 0 Å². The fraction of sp³-hybridized carbons (Fsp3) is 0.600. The van der Waals surface area contributed by atoms with E-state index in [2.05, 4.69) is 26.1 Å². The lowest BCUT2D eigenvalue weighted by molar-refractivity contribution is 0.340. The van der Waals surface area contributed by atoms with Crippen molar-refractivity contribution in [3.8, 4) is 5.75 Å². The first-order valence-electron chi connectivity index (χ1n) is 6.90. The Labute approximate surface area is 111 Å². The van der Waals surface area contributed by atoms with Gasteiger partial charge in [-0.25, -0.2) is 0 Å². The Hall–Kier alpha value is -1.38. The van der Waals surface area contributed by atoms with Crippen LogP contribution in [-0.4, -0.2) is 12.1 Å². The zero-order chi connectivity index (χ0) is 13.6. The van der Waals surface area contributed by atoms with Crippen LogP contribution < -0.4 is 15.8 Å². The highest BCUT2D eigenvalue weighted by molar-refractivity contribution is 5.60. The fourth-order valence-corrected chi connectivity index (χ4v) is 2.27. The van der Waals surface area contributed by atoms with Crippen LogP contribution >= 0.6 is 0 Å². The van der Waals surface area contributed by atoms with E-state index in [1.165, 1.54) is 0 Å². The topological polar surface area (TPSA) is 47.3 Å². The molecule has 3 N–H and O–H groups in total.